The van der Waals surface area contributed by atoms with E-state index >= 15 is 0 Å². The second-order valence-corrected chi connectivity index (χ2v) is 3.42. The van der Waals surface area contributed by atoms with E-state index in [9.17, 15) is 12.9 Å². The molecule has 0 aliphatic rings. The van der Waals surface area contributed by atoms with Gasteiger partial charge in [0.25, 0.3) is 0 Å². The molecule has 0 aliphatic heterocycles. The quantitative estimate of drug-likeness (QED) is 0.696. The number of halogens is 4. The second kappa shape index (κ2) is 6.47. The Morgan fingerprint density at radius 1 is 1.27 bits per heavy atom. The van der Waals surface area contributed by atoms with Gasteiger partial charge in [0.15, 0.2) is 0 Å². The third-order valence-electron chi connectivity index (χ3n) is 1.74. The fraction of sp³-hybridized carbons (Fsp3) is 0.111. The molecular weight excluding hydrogens is 250 g/mol. The molecule has 15 heavy (non-hydrogen) atoms. The number of rotatable bonds is 2. The normalized spacial score (nSPS) is 11.5. The van der Waals surface area contributed by atoms with Gasteiger partial charge in [-0.2, -0.15) is 0 Å². The van der Waals surface area contributed by atoms with Crippen LogP contribution in [0.2, 0.25) is 5.02 Å². The van der Waals surface area contributed by atoms with Gasteiger partial charge in [0, 0.05) is 5.02 Å². The van der Waals surface area contributed by atoms with Crippen molar-refractivity contribution in [2.24, 2.45) is 0 Å². The van der Waals surface area contributed by atoms with Crippen molar-refractivity contribution in [2.45, 2.75) is 6.92 Å². The van der Waals surface area contributed by atoms with Crippen LogP contribution in [0.5, 0.6) is 0 Å². The zero-order valence-corrected chi connectivity index (χ0v) is 12.4. The summed E-state index contributed by atoms with van der Waals surface area (Å²) in [6.07, 6.45) is 1.04. The molecule has 1 aromatic carbocycles. The Labute approximate surface area is 134 Å². The first-order chi connectivity index (χ1) is 6.38. The molecule has 1 rings (SSSR count). The molecule has 0 aromatic heterocycles. The van der Waals surface area contributed by atoms with Crippen molar-refractivity contribution < 1.29 is 64.3 Å². The number of benzene rings is 1. The van der Waals surface area contributed by atoms with Gasteiger partial charge in [-0.1, -0.05) is 23.7 Å². The maximum Gasteiger partial charge on any atom is 1.00 e. The molecule has 0 bridgehead atoms. The van der Waals surface area contributed by atoms with Crippen molar-refractivity contribution in [3.8, 4) is 0 Å². The minimum absolute atomic E-state index is 0. The summed E-state index contributed by atoms with van der Waals surface area (Å²) in [5, 5.41) is 0.435. The molecule has 0 N–H and O–H groups in total. The van der Waals surface area contributed by atoms with Gasteiger partial charge >= 0.3 is 58.4 Å². The average molecular weight is 259 g/mol. The Kier molecular flexibility index (Phi) is 6.79. The zero-order valence-electron chi connectivity index (χ0n) is 8.48. The van der Waals surface area contributed by atoms with Crippen molar-refractivity contribution in [2.75, 3.05) is 0 Å². The molecule has 6 heteroatoms. The van der Waals surface area contributed by atoms with E-state index in [4.69, 9.17) is 11.6 Å². The van der Waals surface area contributed by atoms with Gasteiger partial charge in [0.05, 0.1) is 0 Å². The topological polar surface area (TPSA) is 0 Å². The summed E-state index contributed by atoms with van der Waals surface area (Å²) in [7, 11) is 0. The summed E-state index contributed by atoms with van der Waals surface area (Å²) < 4.78 is 35.7. The first-order valence-corrected chi connectivity index (χ1v) is 4.41. The van der Waals surface area contributed by atoms with Gasteiger partial charge in [-0.05, 0) is 30.2 Å². The van der Waals surface area contributed by atoms with Crippen LogP contribution in [0.1, 0.15) is 11.1 Å². The van der Waals surface area contributed by atoms with Crippen LogP contribution in [0.4, 0.5) is 12.9 Å². The minimum atomic E-state index is -4.88. The zero-order chi connectivity index (χ0) is 10.8. The Bertz CT molecular complexity index is 363. The van der Waals surface area contributed by atoms with Crippen molar-refractivity contribution in [1.29, 1.82) is 0 Å². The summed E-state index contributed by atoms with van der Waals surface area (Å²) in [5.74, 6) is 0.263. The Hall–Kier alpha value is 0.741. The van der Waals surface area contributed by atoms with E-state index in [-0.39, 0.29) is 57.4 Å². The predicted molar refractivity (Wildman–Crippen MR) is 54.3 cm³/mol. The molecule has 0 heterocycles. The summed E-state index contributed by atoms with van der Waals surface area (Å²) >= 11 is 5.66. The van der Waals surface area contributed by atoms with Crippen LogP contribution in [0.15, 0.2) is 24.2 Å². The van der Waals surface area contributed by atoms with E-state index in [2.05, 4.69) is 0 Å². The molecule has 0 radical (unpaired) electrons. The third-order valence-corrected chi connectivity index (χ3v) is 1.97. The smallest absolute Gasteiger partial charge is 0.445 e. The fourth-order valence-corrected chi connectivity index (χ4v) is 1.18. The van der Waals surface area contributed by atoms with Crippen LogP contribution < -0.4 is 51.4 Å². The molecular formula is C9H8BClF3K. The monoisotopic (exact) mass is 258 g/mol. The molecule has 0 spiro atoms. The maximum atomic E-state index is 11.9. The third kappa shape index (κ3) is 6.14. The fourth-order valence-electron chi connectivity index (χ4n) is 1.00. The maximum absolute atomic E-state index is 11.9. The van der Waals surface area contributed by atoms with E-state index in [1.807, 2.05) is 0 Å². The SMILES string of the molecule is Cc1ccc(Cl)cc1/C=C/[B-](F)(F)F.[K+]. The first kappa shape index (κ1) is 15.7. The largest absolute Gasteiger partial charge is 1.00 e. The Morgan fingerprint density at radius 2 is 1.87 bits per heavy atom. The van der Waals surface area contributed by atoms with Crippen LogP contribution >= 0.6 is 11.6 Å². The van der Waals surface area contributed by atoms with Gasteiger partial charge in [0.1, 0.15) is 0 Å². The molecule has 0 saturated carbocycles. The number of hydrogen-bond acceptors (Lipinski definition) is 0. The number of aryl methyl sites for hydroxylation is 1. The summed E-state index contributed by atoms with van der Waals surface area (Å²) in [6.45, 7) is -3.14. The summed E-state index contributed by atoms with van der Waals surface area (Å²) in [5.41, 5.74) is 1.27. The van der Waals surface area contributed by atoms with Crippen molar-refractivity contribution in [1.82, 2.24) is 0 Å². The van der Waals surface area contributed by atoms with E-state index in [1.54, 1.807) is 19.1 Å². The van der Waals surface area contributed by atoms with Crippen molar-refractivity contribution >= 4 is 24.7 Å². The van der Waals surface area contributed by atoms with Gasteiger partial charge in [-0.25, -0.2) is 0 Å². The first-order valence-electron chi connectivity index (χ1n) is 4.04. The van der Waals surface area contributed by atoms with Crippen LogP contribution in [0, 0.1) is 6.92 Å². The van der Waals surface area contributed by atoms with Crippen LogP contribution in [-0.2, 0) is 0 Å². The molecule has 0 saturated heterocycles. The van der Waals surface area contributed by atoms with Crippen LogP contribution in [0.3, 0.4) is 0 Å². The van der Waals surface area contributed by atoms with Crippen molar-refractivity contribution in [3.05, 3.63) is 40.3 Å². The Morgan fingerprint density at radius 3 is 2.40 bits per heavy atom. The molecule has 0 atom stereocenters. The standard InChI is InChI=1S/C9H8BClF3.K/c1-7-2-3-9(11)6-8(7)4-5-10(12,13)14;/h2-6H,1H3;/q-1;+1/b5-4+;. The van der Waals surface area contributed by atoms with Crippen molar-refractivity contribution in [3.63, 3.8) is 0 Å². The van der Waals surface area contributed by atoms with E-state index in [0.717, 1.165) is 11.6 Å². The summed E-state index contributed by atoms with van der Waals surface area (Å²) in [6, 6.07) is 4.84. The molecule has 76 valence electrons. The number of hydrogen-bond donors (Lipinski definition) is 0. The molecule has 0 nitrogen and oxygen atoms in total. The molecule has 0 unspecified atom stereocenters. The molecule has 0 aliphatic carbocycles. The van der Waals surface area contributed by atoms with E-state index < -0.39 is 6.98 Å². The van der Waals surface area contributed by atoms with Gasteiger partial charge in [0.2, 0.25) is 0 Å². The van der Waals surface area contributed by atoms with Gasteiger partial charge < -0.3 is 12.9 Å². The van der Waals surface area contributed by atoms with Crippen LogP contribution in [-0.4, -0.2) is 6.98 Å². The molecule has 1 aromatic rings. The van der Waals surface area contributed by atoms with Gasteiger partial charge in [-0.15, -0.1) is 5.98 Å². The second-order valence-electron chi connectivity index (χ2n) is 2.99. The molecule has 0 amide bonds. The molecule has 0 fully saturated rings. The average Bonchev–Trinajstić information content (AvgIpc) is 2.05. The predicted octanol–water partition coefficient (Wildman–Crippen LogP) is 1.05. The van der Waals surface area contributed by atoms with E-state index in [1.165, 1.54) is 6.07 Å². The summed E-state index contributed by atoms with van der Waals surface area (Å²) in [4.78, 5) is 0. The van der Waals surface area contributed by atoms with Crippen LogP contribution in [0.25, 0.3) is 6.08 Å². The minimum Gasteiger partial charge on any atom is -0.445 e. The van der Waals surface area contributed by atoms with Gasteiger partial charge in [-0.3, -0.25) is 0 Å². The van der Waals surface area contributed by atoms with E-state index in [0.29, 0.717) is 10.6 Å². The Balaban J connectivity index is 0.00000196.